The van der Waals surface area contributed by atoms with Crippen molar-refractivity contribution < 1.29 is 4.39 Å². The molecule has 0 N–H and O–H groups in total. The number of halogens is 2. The van der Waals surface area contributed by atoms with Gasteiger partial charge in [-0.3, -0.25) is 0 Å². The van der Waals surface area contributed by atoms with Gasteiger partial charge in [0.25, 0.3) is 0 Å². The minimum atomic E-state index is -0.178. The number of hydrogen-bond donors (Lipinski definition) is 0. The first kappa shape index (κ1) is 12.6. The van der Waals surface area contributed by atoms with Gasteiger partial charge in [-0.05, 0) is 23.6 Å². The highest BCUT2D eigenvalue weighted by molar-refractivity contribution is 6.35. The normalized spacial score (nSPS) is 9.67. The minimum Gasteiger partial charge on any atom is -0.207 e. The molecule has 0 aliphatic heterocycles. The highest BCUT2D eigenvalue weighted by Crippen LogP contribution is 2.21. The summed E-state index contributed by atoms with van der Waals surface area (Å²) < 4.78 is 11.9. The molecule has 0 nitrogen and oxygen atoms in total. The topological polar surface area (TPSA) is 0 Å². The van der Waals surface area contributed by atoms with Crippen LogP contribution in [0.5, 0.6) is 0 Å². The van der Waals surface area contributed by atoms with Crippen LogP contribution >= 0.6 is 11.6 Å². The highest BCUT2D eigenvalue weighted by atomic mass is 35.5. The first-order chi connectivity index (χ1) is 8.77. The van der Waals surface area contributed by atoms with Crippen molar-refractivity contribution in [2.24, 2.45) is 0 Å². The number of rotatable bonds is 0. The minimum absolute atomic E-state index is 0.178. The molecular formula is C16H12ClF. The van der Waals surface area contributed by atoms with Crippen LogP contribution < -0.4 is 0 Å². The van der Waals surface area contributed by atoms with Crippen LogP contribution in [-0.4, -0.2) is 0 Å². The molecule has 0 amide bonds. The Kier molecular flexibility index (Phi) is 4.32. The zero-order valence-corrected chi connectivity index (χ0v) is 10.4. The number of fused-ring (bicyclic) bond motifs is 1. The van der Waals surface area contributed by atoms with Gasteiger partial charge in [-0.2, -0.15) is 0 Å². The maximum absolute atomic E-state index is 11.9. The Labute approximate surface area is 111 Å². The molecule has 3 aromatic carbocycles. The zero-order chi connectivity index (χ0) is 12.8. The van der Waals surface area contributed by atoms with Crippen LogP contribution in [0.2, 0.25) is 5.02 Å². The Morgan fingerprint density at radius 2 is 1.28 bits per heavy atom. The van der Waals surface area contributed by atoms with E-state index in [-0.39, 0.29) is 5.82 Å². The van der Waals surface area contributed by atoms with E-state index in [4.69, 9.17) is 11.6 Å². The van der Waals surface area contributed by atoms with Gasteiger partial charge in [-0.15, -0.1) is 0 Å². The van der Waals surface area contributed by atoms with E-state index in [1.165, 1.54) is 17.5 Å². The van der Waals surface area contributed by atoms with Crippen molar-refractivity contribution in [3.8, 4) is 0 Å². The van der Waals surface area contributed by atoms with Crippen molar-refractivity contribution in [3.63, 3.8) is 0 Å². The van der Waals surface area contributed by atoms with Crippen LogP contribution in [-0.2, 0) is 0 Å². The van der Waals surface area contributed by atoms with Gasteiger partial charge in [0, 0.05) is 10.4 Å². The Hall–Kier alpha value is -1.86. The van der Waals surface area contributed by atoms with Crippen LogP contribution in [0.1, 0.15) is 0 Å². The molecule has 0 fully saturated rings. The fourth-order valence-corrected chi connectivity index (χ4v) is 1.85. The predicted molar refractivity (Wildman–Crippen MR) is 75.4 cm³/mol. The fourth-order valence-electron chi connectivity index (χ4n) is 1.60. The van der Waals surface area contributed by atoms with Gasteiger partial charge < -0.3 is 0 Å². The average molecular weight is 259 g/mol. The third-order valence-electron chi connectivity index (χ3n) is 2.47. The van der Waals surface area contributed by atoms with Gasteiger partial charge in [-0.25, -0.2) is 4.39 Å². The van der Waals surface area contributed by atoms with Gasteiger partial charge >= 0.3 is 0 Å². The molecule has 0 atom stereocenters. The van der Waals surface area contributed by atoms with E-state index in [0.29, 0.717) is 0 Å². The molecule has 0 bridgehead atoms. The third kappa shape index (κ3) is 3.31. The predicted octanol–water partition coefficient (Wildman–Crippen LogP) is 5.32. The van der Waals surface area contributed by atoms with Gasteiger partial charge in [0.05, 0.1) is 0 Å². The van der Waals surface area contributed by atoms with Gasteiger partial charge in [0.15, 0.2) is 0 Å². The first-order valence-electron chi connectivity index (χ1n) is 5.61. The highest BCUT2D eigenvalue weighted by Gasteiger charge is 1.93. The standard InChI is InChI=1S/C10H7Cl.C6H5F/c11-10-7-3-5-8-4-1-2-6-9(8)10;7-6-4-2-1-3-5-6/h1-7H;1-5H. The molecule has 0 saturated carbocycles. The van der Waals surface area contributed by atoms with E-state index in [2.05, 4.69) is 12.1 Å². The average Bonchev–Trinajstić information content (AvgIpc) is 2.41. The van der Waals surface area contributed by atoms with Crippen molar-refractivity contribution in [3.05, 3.63) is 83.6 Å². The summed E-state index contributed by atoms with van der Waals surface area (Å²) in [5.74, 6) is -0.178. The first-order valence-corrected chi connectivity index (χ1v) is 5.99. The zero-order valence-electron chi connectivity index (χ0n) is 9.68. The monoisotopic (exact) mass is 258 g/mol. The smallest absolute Gasteiger partial charge is 0.123 e. The van der Waals surface area contributed by atoms with Crippen molar-refractivity contribution >= 4 is 22.4 Å². The van der Waals surface area contributed by atoms with Crippen molar-refractivity contribution in [1.29, 1.82) is 0 Å². The molecule has 0 heterocycles. The molecule has 3 rings (SSSR count). The van der Waals surface area contributed by atoms with Gasteiger partial charge in [0.1, 0.15) is 5.82 Å². The molecule has 0 aliphatic carbocycles. The van der Waals surface area contributed by atoms with Crippen molar-refractivity contribution in [2.45, 2.75) is 0 Å². The lowest BCUT2D eigenvalue weighted by Crippen LogP contribution is -1.70. The van der Waals surface area contributed by atoms with E-state index in [1.807, 2.05) is 30.3 Å². The van der Waals surface area contributed by atoms with Crippen molar-refractivity contribution in [1.82, 2.24) is 0 Å². The lowest BCUT2D eigenvalue weighted by Gasteiger charge is -1.97. The molecule has 0 radical (unpaired) electrons. The van der Waals surface area contributed by atoms with Gasteiger partial charge in [0.2, 0.25) is 0 Å². The molecule has 0 saturated heterocycles. The number of hydrogen-bond acceptors (Lipinski definition) is 0. The summed E-state index contributed by atoms with van der Waals surface area (Å²) in [5.41, 5.74) is 0. The van der Waals surface area contributed by atoms with E-state index in [9.17, 15) is 4.39 Å². The van der Waals surface area contributed by atoms with E-state index >= 15 is 0 Å². The molecule has 2 heteroatoms. The van der Waals surface area contributed by atoms with E-state index < -0.39 is 0 Å². The number of benzene rings is 3. The van der Waals surface area contributed by atoms with Crippen LogP contribution in [0.3, 0.4) is 0 Å². The largest absolute Gasteiger partial charge is 0.207 e. The van der Waals surface area contributed by atoms with E-state index in [0.717, 1.165) is 10.4 Å². The Balaban J connectivity index is 0.000000149. The quantitative estimate of drug-likeness (QED) is 0.512. The maximum atomic E-state index is 11.9. The summed E-state index contributed by atoms with van der Waals surface area (Å²) in [6, 6.07) is 22.0. The second-order valence-corrected chi connectivity index (χ2v) is 4.16. The molecule has 3 aromatic rings. The molecular weight excluding hydrogens is 247 g/mol. The molecule has 18 heavy (non-hydrogen) atoms. The molecule has 0 aliphatic rings. The maximum Gasteiger partial charge on any atom is 0.123 e. The second-order valence-electron chi connectivity index (χ2n) is 3.76. The second kappa shape index (κ2) is 6.18. The summed E-state index contributed by atoms with van der Waals surface area (Å²) in [4.78, 5) is 0. The molecule has 0 unspecified atom stereocenters. The van der Waals surface area contributed by atoms with Gasteiger partial charge in [-0.1, -0.05) is 66.2 Å². The SMILES string of the molecule is Clc1cccc2ccccc12.Fc1ccccc1. The Morgan fingerprint density at radius 1 is 0.667 bits per heavy atom. The summed E-state index contributed by atoms with van der Waals surface area (Å²) in [6.45, 7) is 0. The van der Waals surface area contributed by atoms with E-state index in [1.54, 1.807) is 18.2 Å². The Bertz CT molecular complexity index is 615. The lowest BCUT2D eigenvalue weighted by molar-refractivity contribution is 0.628. The van der Waals surface area contributed by atoms with Crippen LogP contribution in [0.15, 0.2) is 72.8 Å². The summed E-state index contributed by atoms with van der Waals surface area (Å²) in [5, 5.41) is 3.14. The third-order valence-corrected chi connectivity index (χ3v) is 2.80. The molecule has 0 aromatic heterocycles. The fraction of sp³-hybridized carbons (Fsp3) is 0. The lowest BCUT2D eigenvalue weighted by atomic mass is 10.1. The Morgan fingerprint density at radius 3 is 1.89 bits per heavy atom. The van der Waals surface area contributed by atoms with Crippen LogP contribution in [0.25, 0.3) is 10.8 Å². The summed E-state index contributed by atoms with van der Waals surface area (Å²) in [7, 11) is 0. The summed E-state index contributed by atoms with van der Waals surface area (Å²) >= 11 is 5.96. The van der Waals surface area contributed by atoms with Crippen LogP contribution in [0.4, 0.5) is 4.39 Å². The summed E-state index contributed by atoms with van der Waals surface area (Å²) in [6.07, 6.45) is 0. The molecule has 90 valence electrons. The van der Waals surface area contributed by atoms with Crippen LogP contribution in [0, 0.1) is 5.82 Å². The molecule has 0 spiro atoms. The van der Waals surface area contributed by atoms with Crippen molar-refractivity contribution in [2.75, 3.05) is 0 Å².